The number of hydrogen-bond donors (Lipinski definition) is 1. The standard InChI is InChI=1S/C13H18FN/c1-9-3-5-11(14)8-13(9)10-4-6-12(7-10)15-2/h3,5,8,10,12,15H,4,6-7H2,1-2H3. The molecule has 0 saturated heterocycles. The van der Waals surface area contributed by atoms with Gasteiger partial charge in [0.25, 0.3) is 0 Å². The molecule has 1 aliphatic carbocycles. The van der Waals surface area contributed by atoms with Crippen LogP contribution in [-0.4, -0.2) is 13.1 Å². The molecule has 0 bridgehead atoms. The number of benzene rings is 1. The molecular weight excluding hydrogens is 189 g/mol. The molecule has 82 valence electrons. The van der Waals surface area contributed by atoms with Crippen LogP contribution in [-0.2, 0) is 0 Å². The molecule has 0 aromatic heterocycles. The Morgan fingerprint density at radius 3 is 2.80 bits per heavy atom. The Hall–Kier alpha value is -0.890. The van der Waals surface area contributed by atoms with Gasteiger partial charge in [0.15, 0.2) is 0 Å². The van der Waals surface area contributed by atoms with Crippen LogP contribution in [0.25, 0.3) is 0 Å². The van der Waals surface area contributed by atoms with E-state index < -0.39 is 0 Å². The van der Waals surface area contributed by atoms with E-state index in [1.165, 1.54) is 24.0 Å². The summed E-state index contributed by atoms with van der Waals surface area (Å²) in [6, 6.07) is 5.75. The van der Waals surface area contributed by atoms with Crippen LogP contribution in [0.15, 0.2) is 18.2 Å². The molecule has 2 atom stereocenters. The molecule has 1 aliphatic rings. The van der Waals surface area contributed by atoms with E-state index in [-0.39, 0.29) is 5.82 Å². The van der Waals surface area contributed by atoms with Gasteiger partial charge in [0.1, 0.15) is 5.82 Å². The lowest BCUT2D eigenvalue weighted by Gasteiger charge is -2.14. The molecule has 0 radical (unpaired) electrons. The van der Waals surface area contributed by atoms with E-state index in [1.54, 1.807) is 12.1 Å². The van der Waals surface area contributed by atoms with Gasteiger partial charge in [-0.05, 0) is 62.4 Å². The third-order valence-electron chi connectivity index (χ3n) is 3.52. The Balaban J connectivity index is 2.19. The molecule has 0 heterocycles. The van der Waals surface area contributed by atoms with Gasteiger partial charge in [0.05, 0.1) is 0 Å². The minimum Gasteiger partial charge on any atom is -0.317 e. The zero-order valence-electron chi connectivity index (χ0n) is 9.39. The van der Waals surface area contributed by atoms with E-state index in [4.69, 9.17) is 0 Å². The van der Waals surface area contributed by atoms with Crippen LogP contribution in [0.2, 0.25) is 0 Å². The molecule has 15 heavy (non-hydrogen) atoms. The summed E-state index contributed by atoms with van der Waals surface area (Å²) in [6.07, 6.45) is 3.52. The van der Waals surface area contributed by atoms with Gasteiger partial charge < -0.3 is 5.32 Å². The maximum Gasteiger partial charge on any atom is 0.123 e. The summed E-state index contributed by atoms with van der Waals surface area (Å²) in [5, 5.41) is 3.30. The summed E-state index contributed by atoms with van der Waals surface area (Å²) >= 11 is 0. The van der Waals surface area contributed by atoms with Gasteiger partial charge in [-0.15, -0.1) is 0 Å². The Kier molecular flexibility index (Phi) is 3.06. The molecule has 0 aliphatic heterocycles. The zero-order valence-corrected chi connectivity index (χ0v) is 9.39. The van der Waals surface area contributed by atoms with Gasteiger partial charge in [0.2, 0.25) is 0 Å². The summed E-state index contributed by atoms with van der Waals surface area (Å²) in [4.78, 5) is 0. The van der Waals surface area contributed by atoms with Crippen LogP contribution in [0.3, 0.4) is 0 Å². The number of aryl methyl sites for hydroxylation is 1. The number of hydrogen-bond acceptors (Lipinski definition) is 1. The van der Waals surface area contributed by atoms with Crippen molar-refractivity contribution >= 4 is 0 Å². The minimum atomic E-state index is -0.108. The monoisotopic (exact) mass is 207 g/mol. The summed E-state index contributed by atoms with van der Waals surface area (Å²) < 4.78 is 13.2. The predicted molar refractivity (Wildman–Crippen MR) is 60.6 cm³/mol. The van der Waals surface area contributed by atoms with Crippen molar-refractivity contribution < 1.29 is 4.39 Å². The van der Waals surface area contributed by atoms with Crippen LogP contribution >= 0.6 is 0 Å². The van der Waals surface area contributed by atoms with Gasteiger partial charge >= 0.3 is 0 Å². The second-order valence-corrected chi connectivity index (χ2v) is 4.50. The van der Waals surface area contributed by atoms with Crippen LogP contribution < -0.4 is 5.32 Å². The summed E-state index contributed by atoms with van der Waals surface area (Å²) in [5.41, 5.74) is 2.42. The van der Waals surface area contributed by atoms with E-state index in [2.05, 4.69) is 12.2 Å². The quantitative estimate of drug-likeness (QED) is 0.786. The molecular formula is C13H18FN. The highest BCUT2D eigenvalue weighted by Crippen LogP contribution is 2.36. The van der Waals surface area contributed by atoms with Gasteiger partial charge in [-0.3, -0.25) is 0 Å². The lowest BCUT2D eigenvalue weighted by atomic mass is 9.93. The first-order chi connectivity index (χ1) is 7.20. The molecule has 1 aromatic carbocycles. The first-order valence-electron chi connectivity index (χ1n) is 5.64. The van der Waals surface area contributed by atoms with E-state index >= 15 is 0 Å². The van der Waals surface area contributed by atoms with E-state index in [0.29, 0.717) is 12.0 Å². The maximum atomic E-state index is 13.2. The van der Waals surface area contributed by atoms with Crippen LogP contribution in [0.4, 0.5) is 4.39 Å². The molecule has 2 unspecified atom stereocenters. The lowest BCUT2D eigenvalue weighted by molar-refractivity contribution is 0.569. The van der Waals surface area contributed by atoms with Gasteiger partial charge in [-0.2, -0.15) is 0 Å². The van der Waals surface area contributed by atoms with Crippen LogP contribution in [0, 0.1) is 12.7 Å². The fourth-order valence-electron chi connectivity index (χ4n) is 2.58. The Labute approximate surface area is 90.7 Å². The van der Waals surface area contributed by atoms with Crippen LogP contribution in [0.5, 0.6) is 0 Å². The fourth-order valence-corrected chi connectivity index (χ4v) is 2.58. The second kappa shape index (κ2) is 4.31. The number of rotatable bonds is 2. The van der Waals surface area contributed by atoms with E-state index in [1.807, 2.05) is 13.1 Å². The molecule has 1 nitrogen and oxygen atoms in total. The SMILES string of the molecule is CNC1CCC(c2cc(F)ccc2C)C1. The average molecular weight is 207 g/mol. The van der Waals surface area contributed by atoms with Crippen molar-refractivity contribution in [3.63, 3.8) is 0 Å². The Bertz CT molecular complexity index is 348. The Morgan fingerprint density at radius 2 is 2.13 bits per heavy atom. The predicted octanol–water partition coefficient (Wildman–Crippen LogP) is 2.99. The normalized spacial score (nSPS) is 25.8. The Morgan fingerprint density at radius 1 is 1.33 bits per heavy atom. The number of halogens is 1. The van der Waals surface area contributed by atoms with E-state index in [0.717, 1.165) is 6.42 Å². The minimum absolute atomic E-state index is 0.108. The molecule has 0 spiro atoms. The van der Waals surface area contributed by atoms with Crippen molar-refractivity contribution in [2.75, 3.05) is 7.05 Å². The topological polar surface area (TPSA) is 12.0 Å². The fraction of sp³-hybridized carbons (Fsp3) is 0.538. The van der Waals surface area contributed by atoms with E-state index in [9.17, 15) is 4.39 Å². The second-order valence-electron chi connectivity index (χ2n) is 4.50. The highest BCUT2D eigenvalue weighted by Gasteiger charge is 2.25. The largest absolute Gasteiger partial charge is 0.317 e. The molecule has 1 aromatic rings. The van der Waals surface area contributed by atoms with Crippen molar-refractivity contribution in [2.45, 2.75) is 38.1 Å². The molecule has 2 rings (SSSR count). The first kappa shape index (κ1) is 10.6. The molecule has 0 amide bonds. The molecule has 2 heteroatoms. The van der Waals surface area contributed by atoms with Crippen LogP contribution in [0.1, 0.15) is 36.3 Å². The third-order valence-corrected chi connectivity index (χ3v) is 3.52. The maximum absolute atomic E-state index is 13.2. The first-order valence-corrected chi connectivity index (χ1v) is 5.64. The summed E-state index contributed by atoms with van der Waals surface area (Å²) in [6.45, 7) is 2.07. The molecule has 1 N–H and O–H groups in total. The zero-order chi connectivity index (χ0) is 10.8. The average Bonchev–Trinajstić information content (AvgIpc) is 2.70. The molecule has 1 saturated carbocycles. The number of nitrogens with one attached hydrogen (secondary N) is 1. The van der Waals surface area contributed by atoms with Gasteiger partial charge in [0, 0.05) is 6.04 Å². The van der Waals surface area contributed by atoms with Gasteiger partial charge in [-0.1, -0.05) is 6.07 Å². The highest BCUT2D eigenvalue weighted by atomic mass is 19.1. The van der Waals surface area contributed by atoms with Gasteiger partial charge in [-0.25, -0.2) is 4.39 Å². The van der Waals surface area contributed by atoms with Crippen molar-refractivity contribution in [1.29, 1.82) is 0 Å². The van der Waals surface area contributed by atoms with Crippen molar-refractivity contribution in [2.24, 2.45) is 0 Å². The summed E-state index contributed by atoms with van der Waals surface area (Å²) in [7, 11) is 2.01. The smallest absolute Gasteiger partial charge is 0.123 e. The highest BCUT2D eigenvalue weighted by molar-refractivity contribution is 5.30. The third kappa shape index (κ3) is 2.20. The summed E-state index contributed by atoms with van der Waals surface area (Å²) in [5.74, 6) is 0.432. The van der Waals surface area contributed by atoms with Crippen molar-refractivity contribution in [3.05, 3.63) is 35.1 Å². The lowest BCUT2D eigenvalue weighted by Crippen LogP contribution is -2.21. The van der Waals surface area contributed by atoms with Crippen molar-refractivity contribution in [3.8, 4) is 0 Å². The van der Waals surface area contributed by atoms with Crippen molar-refractivity contribution in [1.82, 2.24) is 5.32 Å². The molecule has 1 fully saturated rings.